The number of fused-ring (bicyclic) bond motifs is 2. The second-order valence-electron chi connectivity index (χ2n) is 5.51. The van der Waals surface area contributed by atoms with Crippen molar-refractivity contribution in [3.63, 3.8) is 0 Å². The lowest BCUT2D eigenvalue weighted by molar-refractivity contribution is 0.335. The molecule has 2 N–H and O–H groups in total. The number of ether oxygens (including phenoxy) is 1. The molecule has 2 aliphatic rings. The van der Waals surface area contributed by atoms with Gasteiger partial charge in [0.1, 0.15) is 5.75 Å². The van der Waals surface area contributed by atoms with E-state index in [1.165, 1.54) is 30.6 Å². The molecule has 17 heavy (non-hydrogen) atoms. The molecule has 1 heterocycles. The van der Waals surface area contributed by atoms with E-state index in [2.05, 4.69) is 29.7 Å². The standard InChI is InChI=1S/C14H20N2O/c1-14-7-3-4-13(14)16-12-8-10(17-2)5-6-11(12)15-9-14/h5-6,8,13,15-16H,3-4,7,9H2,1-2H3. The quantitative estimate of drug-likeness (QED) is 0.780. The molecule has 1 aliphatic carbocycles. The van der Waals surface area contributed by atoms with Gasteiger partial charge in [-0.1, -0.05) is 13.3 Å². The van der Waals surface area contributed by atoms with E-state index in [-0.39, 0.29) is 0 Å². The van der Waals surface area contributed by atoms with Gasteiger partial charge in [0.2, 0.25) is 0 Å². The summed E-state index contributed by atoms with van der Waals surface area (Å²) in [6.45, 7) is 3.44. The van der Waals surface area contributed by atoms with Crippen molar-refractivity contribution in [1.82, 2.24) is 0 Å². The maximum atomic E-state index is 5.29. The van der Waals surface area contributed by atoms with E-state index in [0.717, 1.165) is 12.3 Å². The van der Waals surface area contributed by atoms with Crippen molar-refractivity contribution in [1.29, 1.82) is 0 Å². The van der Waals surface area contributed by atoms with Crippen molar-refractivity contribution < 1.29 is 4.74 Å². The Bertz CT molecular complexity index is 432. The Morgan fingerprint density at radius 3 is 3.06 bits per heavy atom. The first-order chi connectivity index (χ1) is 8.21. The highest BCUT2D eigenvalue weighted by Gasteiger charge is 2.40. The molecule has 3 rings (SSSR count). The van der Waals surface area contributed by atoms with Crippen LogP contribution < -0.4 is 15.4 Å². The van der Waals surface area contributed by atoms with Gasteiger partial charge in [-0.05, 0) is 25.0 Å². The molecule has 1 aromatic carbocycles. The van der Waals surface area contributed by atoms with Crippen molar-refractivity contribution in [2.24, 2.45) is 5.41 Å². The number of hydrogen-bond acceptors (Lipinski definition) is 3. The Morgan fingerprint density at radius 2 is 2.24 bits per heavy atom. The summed E-state index contributed by atoms with van der Waals surface area (Å²) >= 11 is 0. The third kappa shape index (κ3) is 1.74. The molecule has 1 saturated carbocycles. The van der Waals surface area contributed by atoms with Gasteiger partial charge in [0, 0.05) is 24.1 Å². The van der Waals surface area contributed by atoms with E-state index in [0.29, 0.717) is 11.5 Å². The maximum Gasteiger partial charge on any atom is 0.121 e. The number of benzene rings is 1. The van der Waals surface area contributed by atoms with Crippen molar-refractivity contribution in [2.75, 3.05) is 24.3 Å². The van der Waals surface area contributed by atoms with Gasteiger partial charge in [0.15, 0.2) is 0 Å². The normalized spacial score (nSPS) is 30.6. The van der Waals surface area contributed by atoms with Crippen LogP contribution in [-0.2, 0) is 0 Å². The summed E-state index contributed by atoms with van der Waals surface area (Å²) in [6.07, 6.45) is 3.91. The van der Waals surface area contributed by atoms with Crippen LogP contribution in [0, 0.1) is 5.41 Å². The van der Waals surface area contributed by atoms with Gasteiger partial charge in [-0.3, -0.25) is 0 Å². The van der Waals surface area contributed by atoms with Crippen LogP contribution in [-0.4, -0.2) is 19.7 Å². The first-order valence-electron chi connectivity index (χ1n) is 6.40. The van der Waals surface area contributed by atoms with Crippen LogP contribution in [0.25, 0.3) is 0 Å². The Balaban J connectivity index is 1.95. The van der Waals surface area contributed by atoms with Gasteiger partial charge in [0.05, 0.1) is 18.5 Å². The zero-order valence-electron chi connectivity index (χ0n) is 10.5. The highest BCUT2D eigenvalue weighted by molar-refractivity contribution is 5.72. The molecular weight excluding hydrogens is 212 g/mol. The second-order valence-corrected chi connectivity index (χ2v) is 5.51. The van der Waals surface area contributed by atoms with Crippen LogP contribution in [0.1, 0.15) is 26.2 Å². The Hall–Kier alpha value is -1.38. The minimum absolute atomic E-state index is 0.381. The molecule has 92 valence electrons. The summed E-state index contributed by atoms with van der Waals surface area (Å²) in [4.78, 5) is 0. The minimum Gasteiger partial charge on any atom is -0.497 e. The lowest BCUT2D eigenvalue weighted by Gasteiger charge is -2.29. The molecule has 1 fully saturated rings. The molecule has 0 spiro atoms. The lowest BCUT2D eigenvalue weighted by Crippen LogP contribution is -2.36. The third-order valence-corrected chi connectivity index (χ3v) is 4.32. The van der Waals surface area contributed by atoms with Crippen LogP contribution in [0.3, 0.4) is 0 Å². The molecule has 0 bridgehead atoms. The summed E-state index contributed by atoms with van der Waals surface area (Å²) in [5, 5.41) is 7.26. The summed E-state index contributed by atoms with van der Waals surface area (Å²) in [5.41, 5.74) is 2.76. The summed E-state index contributed by atoms with van der Waals surface area (Å²) in [7, 11) is 1.71. The Kier molecular flexibility index (Phi) is 2.42. The van der Waals surface area contributed by atoms with E-state index < -0.39 is 0 Å². The van der Waals surface area contributed by atoms with Crippen molar-refractivity contribution in [3.8, 4) is 5.75 Å². The SMILES string of the molecule is COc1ccc2c(c1)NC1CCCC1(C)CN2. The molecular formula is C14H20N2O. The van der Waals surface area contributed by atoms with Crippen LogP contribution in [0.5, 0.6) is 5.75 Å². The number of rotatable bonds is 1. The molecule has 1 aromatic rings. The first kappa shape index (κ1) is 10.8. The lowest BCUT2D eigenvalue weighted by atomic mass is 9.85. The predicted octanol–water partition coefficient (Wildman–Crippen LogP) is 3.09. The van der Waals surface area contributed by atoms with E-state index in [1.54, 1.807) is 7.11 Å². The van der Waals surface area contributed by atoms with Gasteiger partial charge < -0.3 is 15.4 Å². The van der Waals surface area contributed by atoms with E-state index >= 15 is 0 Å². The van der Waals surface area contributed by atoms with Crippen molar-refractivity contribution in [3.05, 3.63) is 18.2 Å². The predicted molar refractivity (Wildman–Crippen MR) is 70.9 cm³/mol. The highest BCUT2D eigenvalue weighted by atomic mass is 16.5. The fourth-order valence-electron chi connectivity index (χ4n) is 3.10. The smallest absolute Gasteiger partial charge is 0.121 e. The van der Waals surface area contributed by atoms with Crippen LogP contribution in [0.2, 0.25) is 0 Å². The molecule has 3 heteroatoms. The summed E-state index contributed by atoms with van der Waals surface area (Å²) in [6, 6.07) is 6.79. The van der Waals surface area contributed by atoms with E-state index in [9.17, 15) is 0 Å². The summed E-state index contributed by atoms with van der Waals surface area (Å²) < 4.78 is 5.29. The average molecular weight is 232 g/mol. The monoisotopic (exact) mass is 232 g/mol. The van der Waals surface area contributed by atoms with Crippen molar-refractivity contribution >= 4 is 11.4 Å². The van der Waals surface area contributed by atoms with E-state index in [1.807, 2.05) is 6.07 Å². The van der Waals surface area contributed by atoms with Crippen LogP contribution in [0.15, 0.2) is 18.2 Å². The molecule has 0 radical (unpaired) electrons. The average Bonchev–Trinajstić information content (AvgIpc) is 2.63. The van der Waals surface area contributed by atoms with Gasteiger partial charge in [0.25, 0.3) is 0 Å². The largest absolute Gasteiger partial charge is 0.497 e. The maximum absolute atomic E-state index is 5.29. The van der Waals surface area contributed by atoms with Crippen LogP contribution in [0.4, 0.5) is 11.4 Å². The Labute approximate surface area is 103 Å². The van der Waals surface area contributed by atoms with Crippen LogP contribution >= 0.6 is 0 Å². The summed E-state index contributed by atoms with van der Waals surface area (Å²) in [5.74, 6) is 0.916. The van der Waals surface area contributed by atoms with Gasteiger partial charge in [-0.2, -0.15) is 0 Å². The molecule has 3 nitrogen and oxygen atoms in total. The second kappa shape index (κ2) is 3.83. The molecule has 0 saturated heterocycles. The zero-order chi connectivity index (χ0) is 11.9. The molecule has 0 amide bonds. The third-order valence-electron chi connectivity index (χ3n) is 4.32. The van der Waals surface area contributed by atoms with E-state index in [4.69, 9.17) is 4.74 Å². The fraction of sp³-hybridized carbons (Fsp3) is 0.571. The molecule has 0 aromatic heterocycles. The van der Waals surface area contributed by atoms with Gasteiger partial charge >= 0.3 is 0 Å². The molecule has 1 aliphatic heterocycles. The van der Waals surface area contributed by atoms with Crippen molar-refractivity contribution in [2.45, 2.75) is 32.2 Å². The number of methoxy groups -OCH3 is 1. The van der Waals surface area contributed by atoms with Gasteiger partial charge in [-0.15, -0.1) is 0 Å². The number of hydrogen-bond donors (Lipinski definition) is 2. The Morgan fingerprint density at radius 1 is 1.35 bits per heavy atom. The minimum atomic E-state index is 0.381. The topological polar surface area (TPSA) is 33.3 Å². The molecule has 2 unspecified atom stereocenters. The number of anilines is 2. The number of nitrogens with one attached hydrogen (secondary N) is 2. The first-order valence-corrected chi connectivity index (χ1v) is 6.40. The zero-order valence-corrected chi connectivity index (χ0v) is 10.5. The molecule has 2 atom stereocenters. The fourth-order valence-corrected chi connectivity index (χ4v) is 3.10. The highest BCUT2D eigenvalue weighted by Crippen LogP contribution is 2.43. The van der Waals surface area contributed by atoms with Gasteiger partial charge in [-0.25, -0.2) is 0 Å².